The van der Waals surface area contributed by atoms with Gasteiger partial charge in [0.2, 0.25) is 4.90 Å². The predicted octanol–water partition coefficient (Wildman–Crippen LogP) is 1.89. The summed E-state index contributed by atoms with van der Waals surface area (Å²) in [6, 6.07) is 5.78. The van der Waals surface area contributed by atoms with Crippen molar-refractivity contribution in [1.29, 1.82) is 0 Å². The summed E-state index contributed by atoms with van der Waals surface area (Å²) in [5.74, 6) is 0. The van der Waals surface area contributed by atoms with E-state index in [1.54, 1.807) is 0 Å². The maximum absolute atomic E-state index is 11.7. The molecule has 0 spiro atoms. The van der Waals surface area contributed by atoms with E-state index >= 15 is 0 Å². The molecule has 1 atom stereocenters. The summed E-state index contributed by atoms with van der Waals surface area (Å²) in [7, 11) is -0.246. The van der Waals surface area contributed by atoms with Gasteiger partial charge in [-0.05, 0) is 21.5 Å². The summed E-state index contributed by atoms with van der Waals surface area (Å²) >= 11 is 0. The Kier molecular flexibility index (Phi) is 3.10. The Morgan fingerprint density at radius 2 is 2.07 bits per heavy atom. The molecule has 1 unspecified atom stereocenters. The van der Waals surface area contributed by atoms with Crippen molar-refractivity contribution in [2.24, 2.45) is 5.18 Å². The maximum atomic E-state index is 11.7. The van der Waals surface area contributed by atoms with Crippen LogP contribution in [0.1, 0.15) is 0 Å². The van der Waals surface area contributed by atoms with Gasteiger partial charge in [-0.3, -0.25) is 0 Å². The van der Waals surface area contributed by atoms with E-state index < -0.39 is 10.4 Å². The molecule has 14 heavy (non-hydrogen) atoms. The van der Waals surface area contributed by atoms with Crippen molar-refractivity contribution >= 4 is 16.1 Å². The van der Waals surface area contributed by atoms with Crippen LogP contribution in [-0.2, 0) is 14.6 Å². The van der Waals surface area contributed by atoms with Gasteiger partial charge in [-0.15, -0.1) is 4.91 Å². The molecule has 0 radical (unpaired) electrons. The van der Waals surface area contributed by atoms with E-state index in [1.807, 2.05) is 0 Å². The molecule has 1 N–H and O–H groups in total. The Morgan fingerprint density at radius 3 is 2.57 bits per heavy atom. The lowest BCUT2D eigenvalue weighted by Gasteiger charge is -2.09. The van der Waals surface area contributed by atoms with Gasteiger partial charge in [0.25, 0.3) is 0 Å². The van der Waals surface area contributed by atoms with Crippen molar-refractivity contribution in [1.82, 2.24) is 4.31 Å². The molecule has 5 nitrogen and oxygen atoms in total. The van der Waals surface area contributed by atoms with Crippen molar-refractivity contribution in [3.05, 3.63) is 29.2 Å². The monoisotopic (exact) mass is 215 g/mol. The molecule has 0 heterocycles. The predicted molar refractivity (Wildman–Crippen MR) is 54.5 cm³/mol. The number of rotatable bonds is 3. The molecule has 1 aromatic carbocycles. The lowest BCUT2D eigenvalue weighted by Crippen LogP contribution is -2.28. The molecule has 1 aromatic rings. The molecule has 0 saturated heterocycles. The summed E-state index contributed by atoms with van der Waals surface area (Å²) in [5, 5.41) is 2.70. The second-order valence-electron chi connectivity index (χ2n) is 2.90. The molecule has 0 fully saturated rings. The zero-order chi connectivity index (χ0) is 10.8. The van der Waals surface area contributed by atoms with Gasteiger partial charge in [0, 0.05) is 20.2 Å². The molecule has 0 amide bonds. The fourth-order valence-electron chi connectivity index (χ4n) is 0.917. The Labute approximate surface area is 83.1 Å². The smallest absolute Gasteiger partial charge is 0.163 e. The molecular weight excluding hydrogens is 204 g/mol. The van der Waals surface area contributed by atoms with E-state index in [1.165, 1.54) is 42.7 Å². The average molecular weight is 215 g/mol. The Morgan fingerprint density at radius 1 is 1.43 bits per heavy atom. The van der Waals surface area contributed by atoms with Gasteiger partial charge in [-0.2, -0.15) is 4.55 Å². The topological polar surface area (TPSA) is 70.0 Å². The van der Waals surface area contributed by atoms with Crippen molar-refractivity contribution in [3.63, 3.8) is 0 Å². The molecule has 0 aromatic heterocycles. The quantitative estimate of drug-likeness (QED) is 0.618. The number of nitrogens with zero attached hydrogens (tertiary/aromatic N) is 2. The molecule has 0 aliphatic carbocycles. The molecule has 0 bridgehead atoms. The van der Waals surface area contributed by atoms with Crippen LogP contribution < -0.4 is 0 Å². The van der Waals surface area contributed by atoms with Crippen molar-refractivity contribution < 1.29 is 8.76 Å². The third-order valence-electron chi connectivity index (χ3n) is 1.73. The van der Waals surface area contributed by atoms with Gasteiger partial charge < -0.3 is 0 Å². The third kappa shape index (κ3) is 2.03. The average Bonchev–Trinajstić information content (AvgIpc) is 2.17. The van der Waals surface area contributed by atoms with E-state index in [2.05, 4.69) is 5.18 Å². The fraction of sp³-hybridized carbons (Fsp3) is 0.250. The highest BCUT2D eigenvalue weighted by Gasteiger charge is 2.32. The third-order valence-corrected chi connectivity index (χ3v) is 3.58. The lowest BCUT2D eigenvalue weighted by atomic mass is 10.3. The maximum Gasteiger partial charge on any atom is 0.325 e. The van der Waals surface area contributed by atoms with Crippen LogP contribution >= 0.6 is 0 Å². The minimum Gasteiger partial charge on any atom is -0.163 e. The SMILES string of the molecule is CN(C)[S+](=O)(O)c1cccc(N=O)c1. The minimum atomic E-state index is -3.23. The first-order chi connectivity index (χ1) is 6.48. The largest absolute Gasteiger partial charge is 0.325 e. The lowest BCUT2D eigenvalue weighted by molar-refractivity contribution is 0.434. The van der Waals surface area contributed by atoms with Crippen LogP contribution in [0, 0.1) is 4.91 Å². The first kappa shape index (κ1) is 11.0. The number of nitroso groups, excluding NO2 is 1. The van der Waals surface area contributed by atoms with Gasteiger partial charge in [0.05, 0.1) is 0 Å². The van der Waals surface area contributed by atoms with Crippen molar-refractivity contribution in [2.45, 2.75) is 4.90 Å². The van der Waals surface area contributed by atoms with Crippen LogP contribution in [0.25, 0.3) is 0 Å². The van der Waals surface area contributed by atoms with E-state index in [9.17, 15) is 13.7 Å². The van der Waals surface area contributed by atoms with Crippen LogP contribution in [0.15, 0.2) is 34.3 Å². The highest BCUT2D eigenvalue weighted by molar-refractivity contribution is 7.95. The second kappa shape index (κ2) is 3.95. The molecule has 0 aliphatic rings. The van der Waals surface area contributed by atoms with Crippen molar-refractivity contribution in [2.75, 3.05) is 14.1 Å². The first-order valence-corrected chi connectivity index (χ1v) is 5.33. The van der Waals surface area contributed by atoms with E-state index in [0.29, 0.717) is 0 Å². The zero-order valence-electron chi connectivity index (χ0n) is 7.88. The van der Waals surface area contributed by atoms with Crippen molar-refractivity contribution in [3.8, 4) is 0 Å². The fourth-order valence-corrected chi connectivity index (χ4v) is 1.87. The number of benzene rings is 1. The van der Waals surface area contributed by atoms with Gasteiger partial charge in [-0.1, -0.05) is 10.4 Å². The zero-order valence-corrected chi connectivity index (χ0v) is 8.69. The highest BCUT2D eigenvalue weighted by atomic mass is 32.3. The van der Waals surface area contributed by atoms with Crippen LogP contribution in [0.2, 0.25) is 0 Å². The van der Waals surface area contributed by atoms with Gasteiger partial charge >= 0.3 is 10.4 Å². The Bertz CT molecular complexity index is 392. The molecule has 0 saturated carbocycles. The summed E-state index contributed by atoms with van der Waals surface area (Å²) in [6.45, 7) is 0. The number of hydrogen-bond donors (Lipinski definition) is 1. The summed E-state index contributed by atoms with van der Waals surface area (Å²) in [5.41, 5.74) is 0.145. The molecular formula is C8H11N2O3S+. The van der Waals surface area contributed by atoms with Crippen LogP contribution in [-0.4, -0.2) is 23.0 Å². The molecule has 0 aliphatic heterocycles. The van der Waals surface area contributed by atoms with E-state index in [-0.39, 0.29) is 10.6 Å². The van der Waals surface area contributed by atoms with Crippen LogP contribution in [0.3, 0.4) is 0 Å². The van der Waals surface area contributed by atoms with Crippen LogP contribution in [0.5, 0.6) is 0 Å². The standard InChI is InChI=1S/C8H10N2O3S/c1-10(2)14(12,13)8-5-3-4-7(6-8)9-11/h3-6H,1-2H3/p+1. The normalized spacial score (nSPS) is 15.1. The van der Waals surface area contributed by atoms with Crippen LogP contribution in [0.4, 0.5) is 5.69 Å². The summed E-state index contributed by atoms with van der Waals surface area (Å²) in [6.07, 6.45) is 0. The second-order valence-corrected chi connectivity index (χ2v) is 5.09. The molecule has 1 rings (SSSR count). The summed E-state index contributed by atoms with van der Waals surface area (Å²) in [4.78, 5) is 10.4. The Balaban J connectivity index is 3.19. The van der Waals surface area contributed by atoms with E-state index in [4.69, 9.17) is 0 Å². The van der Waals surface area contributed by atoms with E-state index in [0.717, 1.165) is 0 Å². The summed E-state index contributed by atoms with van der Waals surface area (Å²) < 4.78 is 22.5. The minimum absolute atomic E-state index is 0.145. The highest BCUT2D eigenvalue weighted by Crippen LogP contribution is 2.23. The van der Waals surface area contributed by atoms with Gasteiger partial charge in [0.1, 0.15) is 5.69 Å². The first-order valence-electron chi connectivity index (χ1n) is 3.86. The molecule has 76 valence electrons. The number of hydrogen-bond acceptors (Lipinski definition) is 3. The van der Waals surface area contributed by atoms with Gasteiger partial charge in [-0.25, -0.2) is 0 Å². The van der Waals surface area contributed by atoms with Gasteiger partial charge in [0.15, 0.2) is 0 Å². The Hall–Kier alpha value is -1.11. The molecule has 6 heteroatoms.